The first-order valence-electron chi connectivity index (χ1n) is 4.78. The second kappa shape index (κ2) is 3.17. The zero-order valence-electron chi connectivity index (χ0n) is 7.52. The molecule has 1 saturated heterocycles. The molecule has 2 nitrogen and oxygen atoms in total. The van der Waals surface area contributed by atoms with Crippen molar-refractivity contribution < 1.29 is 18.3 Å². The molecule has 13 heavy (non-hydrogen) atoms. The van der Waals surface area contributed by atoms with Crippen LogP contribution in [0, 0.1) is 0 Å². The van der Waals surface area contributed by atoms with Crippen LogP contribution < -0.4 is 0 Å². The number of rotatable bonds is 0. The molecule has 0 unspecified atom stereocenters. The molecule has 4 heteroatoms. The highest BCUT2D eigenvalue weighted by Gasteiger charge is 2.45. The molecule has 2 fully saturated rings. The maximum Gasteiger partial charge on any atom is 0.248 e. The fourth-order valence-electron chi connectivity index (χ4n) is 1.90. The Kier molecular flexibility index (Phi) is 2.28. The van der Waals surface area contributed by atoms with Crippen LogP contribution in [0.2, 0.25) is 0 Å². The monoisotopic (exact) mass is 192 g/mol. The Bertz CT molecular complexity index is 176. The van der Waals surface area contributed by atoms with Crippen molar-refractivity contribution in [3.8, 4) is 0 Å². The van der Waals surface area contributed by atoms with Crippen molar-refractivity contribution in [1.82, 2.24) is 0 Å². The van der Waals surface area contributed by atoms with Gasteiger partial charge >= 0.3 is 0 Å². The second-order valence-corrected chi connectivity index (χ2v) is 3.82. The van der Waals surface area contributed by atoms with Gasteiger partial charge in [0.2, 0.25) is 5.92 Å². The summed E-state index contributed by atoms with van der Waals surface area (Å²) in [6, 6.07) is 0. The number of hydrogen-bond acceptors (Lipinski definition) is 2. The predicted molar refractivity (Wildman–Crippen MR) is 42.7 cm³/mol. The Morgan fingerprint density at radius 3 is 1.92 bits per heavy atom. The third-order valence-electron chi connectivity index (χ3n) is 2.76. The first-order chi connectivity index (χ1) is 6.12. The summed E-state index contributed by atoms with van der Waals surface area (Å²) in [7, 11) is 0. The lowest BCUT2D eigenvalue weighted by Crippen LogP contribution is -2.46. The molecule has 0 aromatic rings. The van der Waals surface area contributed by atoms with Gasteiger partial charge in [-0.3, -0.25) is 0 Å². The molecule has 0 aromatic carbocycles. The molecule has 1 aliphatic carbocycles. The van der Waals surface area contributed by atoms with Crippen LogP contribution in [0.4, 0.5) is 8.78 Å². The Labute approximate surface area is 76.2 Å². The van der Waals surface area contributed by atoms with E-state index in [9.17, 15) is 8.78 Å². The molecule has 0 N–H and O–H groups in total. The van der Waals surface area contributed by atoms with Gasteiger partial charge in [0.05, 0.1) is 13.2 Å². The normalized spacial score (nSPS) is 31.8. The highest BCUT2D eigenvalue weighted by atomic mass is 19.3. The topological polar surface area (TPSA) is 18.5 Å². The minimum atomic E-state index is -2.50. The molecule has 0 amide bonds. The number of halogens is 2. The average Bonchev–Trinajstić information content (AvgIpc) is 2.13. The maximum atomic E-state index is 12.8. The zero-order chi connectivity index (χ0) is 9.36. The Morgan fingerprint density at radius 1 is 0.846 bits per heavy atom. The highest BCUT2D eigenvalue weighted by molar-refractivity contribution is 4.85. The molecule has 1 saturated carbocycles. The van der Waals surface area contributed by atoms with Crippen LogP contribution in [0.3, 0.4) is 0 Å². The van der Waals surface area contributed by atoms with E-state index in [0.717, 1.165) is 6.42 Å². The van der Waals surface area contributed by atoms with Gasteiger partial charge in [0.1, 0.15) is 0 Å². The van der Waals surface area contributed by atoms with Gasteiger partial charge in [0, 0.05) is 25.7 Å². The van der Waals surface area contributed by atoms with Crippen molar-refractivity contribution >= 4 is 0 Å². The molecular formula is C9H14F2O2. The van der Waals surface area contributed by atoms with Gasteiger partial charge < -0.3 is 9.47 Å². The Hall–Kier alpha value is -0.220. The summed E-state index contributed by atoms with van der Waals surface area (Å²) in [4.78, 5) is 0. The molecule has 1 spiro atoms. The molecule has 2 aliphatic rings. The second-order valence-electron chi connectivity index (χ2n) is 3.82. The molecule has 0 bridgehead atoms. The Morgan fingerprint density at radius 2 is 1.38 bits per heavy atom. The number of alkyl halides is 2. The van der Waals surface area contributed by atoms with Crippen LogP contribution in [-0.4, -0.2) is 24.9 Å². The van der Waals surface area contributed by atoms with E-state index in [1.54, 1.807) is 0 Å². The standard InChI is InChI=1S/C9H14F2O2/c10-8(11)2-4-9(5-3-8)12-6-1-7-13-9/h1-7H2. The first kappa shape index (κ1) is 9.34. The van der Waals surface area contributed by atoms with Gasteiger partial charge in [-0.05, 0) is 6.42 Å². The smallest absolute Gasteiger partial charge is 0.248 e. The van der Waals surface area contributed by atoms with Crippen LogP contribution in [0.25, 0.3) is 0 Å². The van der Waals surface area contributed by atoms with Crippen molar-refractivity contribution in [1.29, 1.82) is 0 Å². The largest absolute Gasteiger partial charge is 0.350 e. The molecule has 1 heterocycles. The van der Waals surface area contributed by atoms with E-state index in [4.69, 9.17) is 9.47 Å². The fourth-order valence-corrected chi connectivity index (χ4v) is 1.90. The quantitative estimate of drug-likeness (QED) is 0.586. The third kappa shape index (κ3) is 1.99. The van der Waals surface area contributed by atoms with E-state index in [2.05, 4.69) is 0 Å². The van der Waals surface area contributed by atoms with E-state index in [-0.39, 0.29) is 12.8 Å². The molecule has 1 aliphatic heterocycles. The summed E-state index contributed by atoms with van der Waals surface area (Å²) in [5.41, 5.74) is 0. The van der Waals surface area contributed by atoms with Gasteiger partial charge in [0.15, 0.2) is 5.79 Å². The van der Waals surface area contributed by atoms with Crippen molar-refractivity contribution in [2.75, 3.05) is 13.2 Å². The van der Waals surface area contributed by atoms with Crippen LogP contribution in [0.1, 0.15) is 32.1 Å². The molecule has 0 atom stereocenters. The maximum absolute atomic E-state index is 12.8. The minimum absolute atomic E-state index is 0.104. The lowest BCUT2D eigenvalue weighted by atomic mass is 9.90. The van der Waals surface area contributed by atoms with Gasteiger partial charge in [-0.1, -0.05) is 0 Å². The lowest BCUT2D eigenvalue weighted by Gasteiger charge is -2.41. The summed E-state index contributed by atoms with van der Waals surface area (Å²) in [6.45, 7) is 1.29. The van der Waals surface area contributed by atoms with Crippen molar-refractivity contribution in [2.45, 2.75) is 43.8 Å². The average molecular weight is 192 g/mol. The van der Waals surface area contributed by atoms with Crippen LogP contribution in [-0.2, 0) is 9.47 Å². The Balaban J connectivity index is 1.95. The summed E-state index contributed by atoms with van der Waals surface area (Å²) in [5, 5.41) is 0. The van der Waals surface area contributed by atoms with Crippen LogP contribution in [0.15, 0.2) is 0 Å². The van der Waals surface area contributed by atoms with E-state index in [1.165, 1.54) is 0 Å². The highest BCUT2D eigenvalue weighted by Crippen LogP contribution is 2.42. The van der Waals surface area contributed by atoms with Gasteiger partial charge in [-0.15, -0.1) is 0 Å². The zero-order valence-corrected chi connectivity index (χ0v) is 7.52. The molecule has 0 aromatic heterocycles. The van der Waals surface area contributed by atoms with E-state index in [1.807, 2.05) is 0 Å². The molecule has 0 radical (unpaired) electrons. The third-order valence-corrected chi connectivity index (χ3v) is 2.76. The van der Waals surface area contributed by atoms with Crippen molar-refractivity contribution in [3.05, 3.63) is 0 Å². The van der Waals surface area contributed by atoms with Crippen molar-refractivity contribution in [3.63, 3.8) is 0 Å². The van der Waals surface area contributed by atoms with E-state index in [0.29, 0.717) is 26.1 Å². The van der Waals surface area contributed by atoms with Crippen molar-refractivity contribution in [2.24, 2.45) is 0 Å². The summed E-state index contributed by atoms with van der Waals surface area (Å²) in [6.07, 6.45) is 1.33. The molecule has 2 rings (SSSR count). The fraction of sp³-hybridized carbons (Fsp3) is 1.00. The minimum Gasteiger partial charge on any atom is -0.350 e. The predicted octanol–water partition coefficient (Wildman–Crippen LogP) is 2.33. The van der Waals surface area contributed by atoms with E-state index >= 15 is 0 Å². The number of ether oxygens (including phenoxy) is 2. The first-order valence-corrected chi connectivity index (χ1v) is 4.78. The number of hydrogen-bond donors (Lipinski definition) is 0. The van der Waals surface area contributed by atoms with Crippen LogP contribution >= 0.6 is 0 Å². The SMILES string of the molecule is FC1(F)CCC2(CC1)OCCCO2. The summed E-state index contributed by atoms with van der Waals surface area (Å²) >= 11 is 0. The van der Waals surface area contributed by atoms with Gasteiger partial charge in [-0.25, -0.2) is 8.78 Å². The van der Waals surface area contributed by atoms with Gasteiger partial charge in [0.25, 0.3) is 0 Å². The van der Waals surface area contributed by atoms with E-state index < -0.39 is 11.7 Å². The summed E-state index contributed by atoms with van der Waals surface area (Å²) in [5.74, 6) is -3.17. The summed E-state index contributed by atoms with van der Waals surface area (Å²) < 4.78 is 36.6. The lowest BCUT2D eigenvalue weighted by molar-refractivity contribution is -0.295. The van der Waals surface area contributed by atoms with Crippen LogP contribution in [0.5, 0.6) is 0 Å². The molecular weight excluding hydrogens is 178 g/mol. The van der Waals surface area contributed by atoms with Gasteiger partial charge in [-0.2, -0.15) is 0 Å². The molecule has 76 valence electrons.